The van der Waals surface area contributed by atoms with E-state index in [1.54, 1.807) is 0 Å². The van der Waals surface area contributed by atoms with Gasteiger partial charge in [-0.25, -0.2) is 0 Å². The number of nitrogens with zero attached hydrogens (tertiary/aromatic N) is 4. The van der Waals surface area contributed by atoms with Crippen LogP contribution in [0, 0.1) is 6.92 Å². The van der Waals surface area contributed by atoms with E-state index in [1.165, 1.54) is 17.0 Å². The van der Waals surface area contributed by atoms with E-state index in [9.17, 15) is 0 Å². The summed E-state index contributed by atoms with van der Waals surface area (Å²) in [6, 6.07) is 2.06. The zero-order valence-electron chi connectivity index (χ0n) is 12.1. The molecular formula is C14H23N5. The lowest BCUT2D eigenvalue weighted by molar-refractivity contribution is 0.571. The molecule has 0 aliphatic heterocycles. The maximum absolute atomic E-state index is 4.47. The Morgan fingerprint density at radius 1 is 1.32 bits per heavy atom. The van der Waals surface area contributed by atoms with E-state index < -0.39 is 0 Å². The van der Waals surface area contributed by atoms with Gasteiger partial charge in [-0.3, -0.25) is 9.36 Å². The second-order valence-corrected chi connectivity index (χ2v) is 4.85. The molecule has 0 atom stereocenters. The van der Waals surface area contributed by atoms with Gasteiger partial charge in [-0.05, 0) is 26.0 Å². The van der Waals surface area contributed by atoms with Crippen LogP contribution in [0.4, 0.5) is 0 Å². The minimum absolute atomic E-state index is 0.902. The Labute approximate surface area is 114 Å². The average molecular weight is 261 g/mol. The Morgan fingerprint density at radius 2 is 2.16 bits per heavy atom. The number of hydrogen-bond donors (Lipinski definition) is 1. The molecule has 0 fully saturated rings. The molecule has 5 nitrogen and oxygen atoms in total. The highest BCUT2D eigenvalue weighted by Crippen LogP contribution is 2.08. The van der Waals surface area contributed by atoms with Crippen LogP contribution in [0.5, 0.6) is 0 Å². The summed E-state index contributed by atoms with van der Waals surface area (Å²) in [7, 11) is 1.98. The largest absolute Gasteiger partial charge is 0.313 e. The first kappa shape index (κ1) is 13.8. The van der Waals surface area contributed by atoms with E-state index in [-0.39, 0.29) is 0 Å². The Morgan fingerprint density at radius 3 is 2.84 bits per heavy atom. The van der Waals surface area contributed by atoms with Gasteiger partial charge in [0, 0.05) is 49.7 Å². The lowest BCUT2D eigenvalue weighted by atomic mass is 10.2. The maximum atomic E-state index is 4.47. The van der Waals surface area contributed by atoms with Gasteiger partial charge in [-0.2, -0.15) is 10.2 Å². The van der Waals surface area contributed by atoms with Crippen LogP contribution in [0.25, 0.3) is 0 Å². The van der Waals surface area contributed by atoms with Crippen LogP contribution in [0.2, 0.25) is 0 Å². The molecular weight excluding hydrogens is 238 g/mol. The zero-order valence-corrected chi connectivity index (χ0v) is 12.1. The standard InChI is InChI=1S/C14H23N5/c1-4-7-15-10-13-11-17-19(12(13)2)9-6-14-5-8-16-18(14)3/h5,8,11,15H,4,6-7,9-10H2,1-3H3. The predicted molar refractivity (Wildman–Crippen MR) is 75.9 cm³/mol. The average Bonchev–Trinajstić information content (AvgIpc) is 2.95. The Kier molecular flexibility index (Phi) is 4.74. The van der Waals surface area contributed by atoms with Crippen LogP contribution >= 0.6 is 0 Å². The van der Waals surface area contributed by atoms with E-state index >= 15 is 0 Å². The summed E-state index contributed by atoms with van der Waals surface area (Å²) in [6.45, 7) is 7.18. The second-order valence-electron chi connectivity index (χ2n) is 4.85. The Balaban J connectivity index is 1.92. The van der Waals surface area contributed by atoms with Crippen LogP contribution in [0.3, 0.4) is 0 Å². The molecule has 0 aliphatic rings. The molecule has 19 heavy (non-hydrogen) atoms. The molecule has 5 heteroatoms. The van der Waals surface area contributed by atoms with Gasteiger partial charge in [-0.1, -0.05) is 6.92 Å². The molecule has 0 saturated heterocycles. The third kappa shape index (κ3) is 3.44. The summed E-state index contributed by atoms with van der Waals surface area (Å²) in [6.07, 6.45) is 5.93. The fourth-order valence-electron chi connectivity index (χ4n) is 2.15. The fraction of sp³-hybridized carbons (Fsp3) is 0.571. The lowest BCUT2D eigenvalue weighted by Crippen LogP contribution is -2.14. The fourth-order valence-corrected chi connectivity index (χ4v) is 2.15. The maximum Gasteiger partial charge on any atom is 0.0537 e. The van der Waals surface area contributed by atoms with E-state index in [1.807, 2.05) is 24.1 Å². The van der Waals surface area contributed by atoms with Gasteiger partial charge in [0.15, 0.2) is 0 Å². The molecule has 1 N–H and O–H groups in total. The van der Waals surface area contributed by atoms with Crippen molar-refractivity contribution in [3.63, 3.8) is 0 Å². The third-order valence-corrected chi connectivity index (χ3v) is 3.45. The van der Waals surface area contributed by atoms with Gasteiger partial charge >= 0.3 is 0 Å². The van der Waals surface area contributed by atoms with Crippen molar-refractivity contribution in [2.75, 3.05) is 6.54 Å². The summed E-state index contributed by atoms with van der Waals surface area (Å²) < 4.78 is 4.00. The van der Waals surface area contributed by atoms with Crippen molar-refractivity contribution in [3.8, 4) is 0 Å². The molecule has 2 aromatic rings. The second kappa shape index (κ2) is 6.52. The van der Waals surface area contributed by atoms with Crippen molar-refractivity contribution >= 4 is 0 Å². The minimum Gasteiger partial charge on any atom is -0.313 e. The Hall–Kier alpha value is -1.62. The predicted octanol–water partition coefficient (Wildman–Crippen LogP) is 1.67. The molecule has 2 aromatic heterocycles. The first-order chi connectivity index (χ1) is 9.22. The zero-order chi connectivity index (χ0) is 13.7. The normalized spacial score (nSPS) is 11.1. The molecule has 0 spiro atoms. The number of aromatic nitrogens is 4. The van der Waals surface area contributed by atoms with Gasteiger partial charge in [0.05, 0.1) is 6.20 Å². The minimum atomic E-state index is 0.902. The highest BCUT2D eigenvalue weighted by atomic mass is 15.3. The van der Waals surface area contributed by atoms with Crippen LogP contribution in [-0.4, -0.2) is 26.1 Å². The summed E-state index contributed by atoms with van der Waals surface area (Å²) >= 11 is 0. The van der Waals surface area contributed by atoms with Gasteiger partial charge in [0.25, 0.3) is 0 Å². The summed E-state index contributed by atoms with van der Waals surface area (Å²) in [5.74, 6) is 0. The molecule has 104 valence electrons. The van der Waals surface area contributed by atoms with Crippen molar-refractivity contribution in [1.82, 2.24) is 24.9 Å². The van der Waals surface area contributed by atoms with Crippen molar-refractivity contribution in [2.24, 2.45) is 7.05 Å². The molecule has 0 saturated carbocycles. The number of rotatable bonds is 7. The first-order valence-corrected chi connectivity index (χ1v) is 6.91. The van der Waals surface area contributed by atoms with Crippen molar-refractivity contribution in [1.29, 1.82) is 0 Å². The van der Waals surface area contributed by atoms with E-state index in [0.29, 0.717) is 0 Å². The number of nitrogens with one attached hydrogen (secondary N) is 1. The summed E-state index contributed by atoms with van der Waals surface area (Å²) in [5.41, 5.74) is 3.78. The molecule has 0 radical (unpaired) electrons. The lowest BCUT2D eigenvalue weighted by Gasteiger charge is -2.06. The summed E-state index contributed by atoms with van der Waals surface area (Å²) in [4.78, 5) is 0. The number of hydrogen-bond acceptors (Lipinski definition) is 3. The molecule has 2 rings (SSSR count). The van der Waals surface area contributed by atoms with Gasteiger partial charge in [-0.15, -0.1) is 0 Å². The molecule has 0 aliphatic carbocycles. The molecule has 0 unspecified atom stereocenters. The monoisotopic (exact) mass is 261 g/mol. The molecule has 2 heterocycles. The first-order valence-electron chi connectivity index (χ1n) is 6.91. The van der Waals surface area contributed by atoms with E-state index in [0.717, 1.165) is 32.5 Å². The van der Waals surface area contributed by atoms with Crippen molar-refractivity contribution < 1.29 is 0 Å². The van der Waals surface area contributed by atoms with Gasteiger partial charge < -0.3 is 5.32 Å². The van der Waals surface area contributed by atoms with Gasteiger partial charge in [0.2, 0.25) is 0 Å². The smallest absolute Gasteiger partial charge is 0.0537 e. The summed E-state index contributed by atoms with van der Waals surface area (Å²) in [5, 5.41) is 12.1. The van der Waals surface area contributed by atoms with Crippen molar-refractivity contribution in [3.05, 3.63) is 35.4 Å². The van der Waals surface area contributed by atoms with Crippen molar-refractivity contribution in [2.45, 2.75) is 39.8 Å². The third-order valence-electron chi connectivity index (χ3n) is 3.45. The SMILES string of the molecule is CCCNCc1cnn(CCc2ccnn2C)c1C. The molecule has 0 amide bonds. The van der Waals surface area contributed by atoms with E-state index in [4.69, 9.17) is 0 Å². The van der Waals surface area contributed by atoms with Crippen LogP contribution in [0.15, 0.2) is 18.5 Å². The molecule has 0 aromatic carbocycles. The highest BCUT2D eigenvalue weighted by Gasteiger charge is 2.07. The van der Waals surface area contributed by atoms with Crippen LogP contribution in [0.1, 0.15) is 30.3 Å². The molecule has 0 bridgehead atoms. The van der Waals surface area contributed by atoms with E-state index in [2.05, 4.69) is 40.1 Å². The van der Waals surface area contributed by atoms with Crippen LogP contribution in [-0.2, 0) is 26.6 Å². The topological polar surface area (TPSA) is 47.7 Å². The number of aryl methyl sites for hydroxylation is 3. The highest BCUT2D eigenvalue weighted by molar-refractivity contribution is 5.16. The van der Waals surface area contributed by atoms with Crippen LogP contribution < -0.4 is 5.32 Å². The van der Waals surface area contributed by atoms with Gasteiger partial charge in [0.1, 0.15) is 0 Å². The quantitative estimate of drug-likeness (QED) is 0.771. The Bertz CT molecular complexity index is 512.